The number of benzene rings is 2. The SMILES string of the molecule is CCCNC(=O)c1ccccc1NS(=O)(=O)c1ccc(CCC(=O)[O-])cc1. The molecule has 0 aliphatic heterocycles. The summed E-state index contributed by atoms with van der Waals surface area (Å²) in [4.78, 5) is 22.7. The van der Waals surface area contributed by atoms with Gasteiger partial charge < -0.3 is 15.2 Å². The Hall–Kier alpha value is -2.87. The van der Waals surface area contributed by atoms with Crippen LogP contribution in [0.4, 0.5) is 5.69 Å². The van der Waals surface area contributed by atoms with Crippen molar-refractivity contribution in [3.05, 3.63) is 59.7 Å². The van der Waals surface area contributed by atoms with Crippen molar-refractivity contribution in [2.24, 2.45) is 0 Å². The van der Waals surface area contributed by atoms with E-state index in [1.54, 1.807) is 30.3 Å². The van der Waals surface area contributed by atoms with Crippen molar-refractivity contribution < 1.29 is 23.1 Å². The summed E-state index contributed by atoms with van der Waals surface area (Å²) in [7, 11) is -3.90. The second-order valence-corrected chi connectivity index (χ2v) is 7.61. The number of hydrogen-bond acceptors (Lipinski definition) is 5. The number of anilines is 1. The first-order valence-electron chi connectivity index (χ1n) is 8.52. The van der Waals surface area contributed by atoms with E-state index >= 15 is 0 Å². The van der Waals surface area contributed by atoms with Gasteiger partial charge in [0.1, 0.15) is 0 Å². The Morgan fingerprint density at radius 3 is 2.33 bits per heavy atom. The van der Waals surface area contributed by atoms with Crippen LogP contribution >= 0.6 is 0 Å². The van der Waals surface area contributed by atoms with E-state index in [-0.39, 0.29) is 34.9 Å². The number of carboxylic acid groups (broad SMARTS) is 1. The highest BCUT2D eigenvalue weighted by Crippen LogP contribution is 2.21. The number of nitrogens with one attached hydrogen (secondary N) is 2. The standard InChI is InChI=1S/C19H22N2O5S/c1-2-13-20-19(24)16-5-3-4-6-17(16)21-27(25,26)15-10-7-14(8-11-15)9-12-18(22)23/h3-8,10-11,21H,2,9,12-13H2,1H3,(H,20,24)(H,22,23)/p-1. The number of amides is 1. The van der Waals surface area contributed by atoms with E-state index in [4.69, 9.17) is 0 Å². The number of carbonyl (C=O) groups is 2. The van der Waals surface area contributed by atoms with Crippen LogP contribution in [0.5, 0.6) is 0 Å². The lowest BCUT2D eigenvalue weighted by Gasteiger charge is -2.13. The molecule has 2 aromatic rings. The largest absolute Gasteiger partial charge is 0.550 e. The number of aliphatic carboxylic acids is 1. The fraction of sp³-hybridized carbons (Fsp3) is 0.263. The molecule has 7 nitrogen and oxygen atoms in total. The van der Waals surface area contributed by atoms with Crippen LogP contribution in [0.3, 0.4) is 0 Å². The molecule has 0 saturated carbocycles. The van der Waals surface area contributed by atoms with Crippen molar-refractivity contribution in [1.82, 2.24) is 5.32 Å². The second-order valence-electron chi connectivity index (χ2n) is 5.92. The fourth-order valence-electron chi connectivity index (χ4n) is 2.39. The van der Waals surface area contributed by atoms with Gasteiger partial charge in [-0.3, -0.25) is 9.52 Å². The van der Waals surface area contributed by atoms with Crippen LogP contribution in [-0.2, 0) is 21.2 Å². The maximum atomic E-state index is 12.6. The molecule has 0 aliphatic rings. The summed E-state index contributed by atoms with van der Waals surface area (Å²) < 4.78 is 27.7. The third kappa shape index (κ3) is 5.82. The van der Waals surface area contributed by atoms with Gasteiger partial charge in [0, 0.05) is 12.5 Å². The Morgan fingerprint density at radius 2 is 1.70 bits per heavy atom. The second kappa shape index (κ2) is 9.18. The van der Waals surface area contributed by atoms with Gasteiger partial charge in [0.25, 0.3) is 15.9 Å². The molecule has 0 aromatic heterocycles. The van der Waals surface area contributed by atoms with Gasteiger partial charge >= 0.3 is 0 Å². The molecule has 2 rings (SSSR count). The summed E-state index contributed by atoms with van der Waals surface area (Å²) in [5.74, 6) is -1.51. The molecule has 0 radical (unpaired) electrons. The van der Waals surface area contributed by atoms with Crippen LogP contribution in [0.1, 0.15) is 35.7 Å². The fourth-order valence-corrected chi connectivity index (χ4v) is 3.47. The molecular formula is C19H21N2O5S-. The van der Waals surface area contributed by atoms with Crippen LogP contribution in [0.15, 0.2) is 53.4 Å². The first-order chi connectivity index (χ1) is 12.8. The highest BCUT2D eigenvalue weighted by molar-refractivity contribution is 7.92. The smallest absolute Gasteiger partial charge is 0.261 e. The highest BCUT2D eigenvalue weighted by atomic mass is 32.2. The van der Waals surface area contributed by atoms with Gasteiger partial charge in [0.05, 0.1) is 16.1 Å². The lowest BCUT2D eigenvalue weighted by molar-refractivity contribution is -0.305. The number of rotatable bonds is 9. The monoisotopic (exact) mass is 389 g/mol. The van der Waals surface area contributed by atoms with Gasteiger partial charge in [-0.25, -0.2) is 8.42 Å². The van der Waals surface area contributed by atoms with Crippen molar-refractivity contribution in [1.29, 1.82) is 0 Å². The van der Waals surface area contributed by atoms with Crippen LogP contribution in [0.2, 0.25) is 0 Å². The van der Waals surface area contributed by atoms with Crippen LogP contribution in [0.25, 0.3) is 0 Å². The van der Waals surface area contributed by atoms with Gasteiger partial charge in [0.2, 0.25) is 0 Å². The first kappa shape index (κ1) is 20.4. The normalized spacial score (nSPS) is 11.0. The Bertz CT molecular complexity index is 908. The molecular weight excluding hydrogens is 368 g/mol. The summed E-state index contributed by atoms with van der Waals surface area (Å²) in [6.07, 6.45) is 0.894. The van der Waals surface area contributed by atoms with Gasteiger partial charge in [-0.1, -0.05) is 31.2 Å². The van der Waals surface area contributed by atoms with Crippen molar-refractivity contribution in [3.8, 4) is 0 Å². The summed E-state index contributed by atoms with van der Waals surface area (Å²) >= 11 is 0. The average molecular weight is 389 g/mol. The third-order valence-electron chi connectivity index (χ3n) is 3.80. The van der Waals surface area contributed by atoms with Crippen molar-refractivity contribution >= 4 is 27.6 Å². The molecule has 2 N–H and O–H groups in total. The molecule has 0 spiro atoms. The molecule has 0 unspecified atom stereocenters. The van der Waals surface area contributed by atoms with E-state index in [0.717, 1.165) is 6.42 Å². The zero-order valence-corrected chi connectivity index (χ0v) is 15.7. The van der Waals surface area contributed by atoms with Crippen molar-refractivity contribution in [2.45, 2.75) is 31.1 Å². The minimum atomic E-state index is -3.90. The maximum Gasteiger partial charge on any atom is 0.261 e. The molecule has 2 aromatic carbocycles. The van der Waals surface area contributed by atoms with Crippen LogP contribution in [-0.4, -0.2) is 26.8 Å². The zero-order valence-electron chi connectivity index (χ0n) is 14.9. The first-order valence-corrected chi connectivity index (χ1v) is 10.0. The Morgan fingerprint density at radius 1 is 1.04 bits per heavy atom. The van der Waals surface area contributed by atoms with Gasteiger partial charge in [-0.2, -0.15) is 0 Å². The van der Waals surface area contributed by atoms with Crippen LogP contribution in [0, 0.1) is 0 Å². The molecule has 0 atom stereocenters. The molecule has 0 aliphatic carbocycles. The van der Waals surface area contributed by atoms with E-state index in [2.05, 4.69) is 10.0 Å². The third-order valence-corrected chi connectivity index (χ3v) is 5.18. The predicted molar refractivity (Wildman–Crippen MR) is 99.6 cm³/mol. The Kier molecular flexibility index (Phi) is 6.95. The number of para-hydroxylation sites is 1. The van der Waals surface area contributed by atoms with E-state index in [0.29, 0.717) is 12.1 Å². The van der Waals surface area contributed by atoms with E-state index < -0.39 is 16.0 Å². The van der Waals surface area contributed by atoms with Crippen LogP contribution < -0.4 is 15.1 Å². The quantitative estimate of drug-likeness (QED) is 0.671. The number of aryl methyl sites for hydroxylation is 1. The molecule has 0 fully saturated rings. The molecule has 0 heterocycles. The number of sulfonamides is 1. The number of carbonyl (C=O) groups excluding carboxylic acids is 2. The minimum absolute atomic E-state index is 0.0171. The van der Waals surface area contributed by atoms with Crippen molar-refractivity contribution in [3.63, 3.8) is 0 Å². The summed E-state index contributed by atoms with van der Waals surface area (Å²) in [6.45, 7) is 2.42. The molecule has 0 saturated heterocycles. The van der Waals surface area contributed by atoms with E-state index in [1.165, 1.54) is 18.2 Å². The molecule has 144 valence electrons. The summed E-state index contributed by atoms with van der Waals surface area (Å²) in [5.41, 5.74) is 1.12. The van der Waals surface area contributed by atoms with Gasteiger partial charge in [0.15, 0.2) is 0 Å². The number of hydrogen-bond donors (Lipinski definition) is 2. The Labute approximate surface area is 158 Å². The van der Waals surface area contributed by atoms with E-state index in [1.807, 2.05) is 6.92 Å². The molecule has 27 heavy (non-hydrogen) atoms. The molecule has 0 bridgehead atoms. The van der Waals surface area contributed by atoms with Crippen molar-refractivity contribution in [2.75, 3.05) is 11.3 Å². The predicted octanol–water partition coefficient (Wildman–Crippen LogP) is 1.31. The lowest BCUT2D eigenvalue weighted by atomic mass is 10.1. The van der Waals surface area contributed by atoms with Gasteiger partial charge in [-0.05, 0) is 49.1 Å². The average Bonchev–Trinajstić information content (AvgIpc) is 2.65. The molecule has 8 heteroatoms. The molecule has 1 amide bonds. The van der Waals surface area contributed by atoms with E-state index in [9.17, 15) is 23.1 Å². The Balaban J connectivity index is 2.19. The lowest BCUT2D eigenvalue weighted by Crippen LogP contribution is -2.25. The number of carboxylic acids is 1. The summed E-state index contributed by atoms with van der Waals surface area (Å²) in [6, 6.07) is 12.3. The minimum Gasteiger partial charge on any atom is -0.550 e. The highest BCUT2D eigenvalue weighted by Gasteiger charge is 2.18. The zero-order chi connectivity index (χ0) is 19.9. The topological polar surface area (TPSA) is 115 Å². The summed E-state index contributed by atoms with van der Waals surface area (Å²) in [5, 5.41) is 13.2. The maximum absolute atomic E-state index is 12.6. The van der Waals surface area contributed by atoms with Gasteiger partial charge in [-0.15, -0.1) is 0 Å².